The van der Waals surface area contributed by atoms with E-state index in [1.54, 1.807) is 12.3 Å². The van der Waals surface area contributed by atoms with Crippen LogP contribution in [0.1, 0.15) is 22.5 Å². The maximum Gasteiger partial charge on any atom is 0.244 e. The highest BCUT2D eigenvalue weighted by molar-refractivity contribution is 5.91. The lowest BCUT2D eigenvalue weighted by Gasteiger charge is -2.05. The predicted molar refractivity (Wildman–Crippen MR) is 109 cm³/mol. The Bertz CT molecular complexity index is 1060. The lowest BCUT2D eigenvalue weighted by molar-refractivity contribution is -0.116. The van der Waals surface area contributed by atoms with E-state index < -0.39 is 0 Å². The third-order valence-electron chi connectivity index (χ3n) is 4.81. The first-order valence-corrected chi connectivity index (χ1v) is 9.44. The molecule has 1 N–H and O–H groups in total. The molecule has 0 bridgehead atoms. The zero-order valence-corrected chi connectivity index (χ0v) is 16.4. The molecule has 7 heteroatoms. The molecule has 2 aromatic heterocycles. The minimum Gasteiger partial charge on any atom is -0.454 e. The second kappa shape index (κ2) is 8.18. The third kappa shape index (κ3) is 4.13. The van der Waals surface area contributed by atoms with Gasteiger partial charge in [-0.15, -0.1) is 0 Å². The number of aromatic nitrogens is 3. The molecule has 0 saturated heterocycles. The van der Waals surface area contributed by atoms with Gasteiger partial charge in [-0.1, -0.05) is 12.1 Å². The van der Waals surface area contributed by atoms with E-state index in [-0.39, 0.29) is 12.7 Å². The number of amides is 1. The smallest absolute Gasteiger partial charge is 0.244 e. The Hall–Kier alpha value is -3.61. The molecular weight excluding hydrogens is 368 g/mol. The first kappa shape index (κ1) is 18.7. The number of carbonyl (C=O) groups is 1. The topological polar surface area (TPSA) is 78.3 Å². The Balaban J connectivity index is 1.34. The molecule has 0 saturated carbocycles. The number of nitrogens with one attached hydrogen (secondary N) is 1. The van der Waals surface area contributed by atoms with Gasteiger partial charge >= 0.3 is 0 Å². The molecule has 29 heavy (non-hydrogen) atoms. The van der Waals surface area contributed by atoms with Crippen LogP contribution in [0, 0.1) is 13.8 Å². The van der Waals surface area contributed by atoms with E-state index in [1.807, 2.05) is 54.9 Å². The standard InChI is InChI=1S/C22H22N4O3/c1-15-18(16(2)26(25-15)21-5-3-4-11-23-21)10-12-24-22(27)9-7-17-6-8-19-20(13-17)29-14-28-19/h3-9,11,13H,10,12,14H2,1-2H3,(H,24,27). The van der Waals surface area contributed by atoms with Crippen molar-refractivity contribution in [3.8, 4) is 17.3 Å². The van der Waals surface area contributed by atoms with Crippen LogP contribution in [-0.4, -0.2) is 34.0 Å². The molecule has 0 radical (unpaired) electrons. The molecule has 7 nitrogen and oxygen atoms in total. The largest absolute Gasteiger partial charge is 0.454 e. The van der Waals surface area contributed by atoms with Gasteiger partial charge in [0.15, 0.2) is 17.3 Å². The molecule has 148 valence electrons. The van der Waals surface area contributed by atoms with Crippen LogP contribution < -0.4 is 14.8 Å². The molecule has 0 fully saturated rings. The van der Waals surface area contributed by atoms with Gasteiger partial charge < -0.3 is 14.8 Å². The number of nitrogens with zero attached hydrogens (tertiary/aromatic N) is 3. The van der Waals surface area contributed by atoms with Gasteiger partial charge in [0.25, 0.3) is 0 Å². The van der Waals surface area contributed by atoms with Crippen molar-refractivity contribution in [3.63, 3.8) is 0 Å². The zero-order valence-electron chi connectivity index (χ0n) is 16.4. The van der Waals surface area contributed by atoms with Gasteiger partial charge in [0, 0.05) is 24.5 Å². The van der Waals surface area contributed by atoms with Gasteiger partial charge in [-0.2, -0.15) is 5.10 Å². The summed E-state index contributed by atoms with van der Waals surface area (Å²) >= 11 is 0. The van der Waals surface area contributed by atoms with E-state index in [2.05, 4.69) is 15.4 Å². The van der Waals surface area contributed by atoms with Crippen LogP contribution in [0.25, 0.3) is 11.9 Å². The first-order chi connectivity index (χ1) is 14.1. The number of rotatable bonds is 6. The van der Waals surface area contributed by atoms with Gasteiger partial charge in [-0.05, 0) is 61.7 Å². The van der Waals surface area contributed by atoms with Crippen LogP contribution in [0.15, 0.2) is 48.7 Å². The number of hydrogen-bond donors (Lipinski definition) is 1. The Labute approximate surface area is 169 Å². The van der Waals surface area contributed by atoms with Gasteiger partial charge in [0.05, 0.1) is 5.69 Å². The highest BCUT2D eigenvalue weighted by atomic mass is 16.7. The first-order valence-electron chi connectivity index (χ1n) is 9.44. The Morgan fingerprint density at radius 2 is 2.07 bits per heavy atom. The van der Waals surface area contributed by atoms with Gasteiger partial charge in [0.1, 0.15) is 0 Å². The third-order valence-corrected chi connectivity index (χ3v) is 4.81. The fraction of sp³-hybridized carbons (Fsp3) is 0.227. The van der Waals surface area contributed by atoms with Gasteiger partial charge in [-0.3, -0.25) is 4.79 Å². The summed E-state index contributed by atoms with van der Waals surface area (Å²) in [6.45, 7) is 4.76. The van der Waals surface area contributed by atoms with Crippen molar-refractivity contribution in [2.75, 3.05) is 13.3 Å². The minimum atomic E-state index is -0.143. The van der Waals surface area contributed by atoms with Crippen molar-refractivity contribution in [3.05, 3.63) is 71.2 Å². The zero-order chi connectivity index (χ0) is 20.2. The van der Waals surface area contributed by atoms with Crippen LogP contribution in [0.4, 0.5) is 0 Å². The molecular formula is C22H22N4O3. The second-order valence-electron chi connectivity index (χ2n) is 6.74. The Morgan fingerprint density at radius 1 is 1.21 bits per heavy atom. The van der Waals surface area contributed by atoms with E-state index in [4.69, 9.17) is 9.47 Å². The molecule has 0 unspecified atom stereocenters. The number of aryl methyl sites for hydroxylation is 1. The van der Waals surface area contributed by atoms with Crippen LogP contribution in [0.2, 0.25) is 0 Å². The predicted octanol–water partition coefficient (Wildman–Crippen LogP) is 2.98. The van der Waals surface area contributed by atoms with E-state index in [0.29, 0.717) is 18.7 Å². The summed E-state index contributed by atoms with van der Waals surface area (Å²) in [7, 11) is 0. The molecule has 1 aromatic carbocycles. The number of carbonyl (C=O) groups excluding carboxylic acids is 1. The van der Waals surface area contributed by atoms with E-state index >= 15 is 0 Å². The van der Waals surface area contributed by atoms with E-state index in [1.165, 1.54) is 6.08 Å². The number of hydrogen-bond acceptors (Lipinski definition) is 5. The van der Waals surface area contributed by atoms with Gasteiger partial charge in [-0.25, -0.2) is 9.67 Å². The van der Waals surface area contributed by atoms with Crippen molar-refractivity contribution in [2.24, 2.45) is 0 Å². The number of fused-ring (bicyclic) bond motifs is 1. The normalized spacial score (nSPS) is 12.5. The molecule has 0 spiro atoms. The maximum atomic E-state index is 12.2. The summed E-state index contributed by atoms with van der Waals surface area (Å²) in [5.74, 6) is 2.07. The highest BCUT2D eigenvalue weighted by Gasteiger charge is 2.14. The average Bonchev–Trinajstić information content (AvgIpc) is 3.32. The molecule has 4 rings (SSSR count). The summed E-state index contributed by atoms with van der Waals surface area (Å²) in [6, 6.07) is 11.3. The van der Waals surface area contributed by atoms with Crippen molar-refractivity contribution < 1.29 is 14.3 Å². The van der Waals surface area contributed by atoms with E-state index in [9.17, 15) is 4.79 Å². The molecule has 1 amide bonds. The Morgan fingerprint density at radius 3 is 2.90 bits per heavy atom. The molecule has 3 aromatic rings. The monoisotopic (exact) mass is 390 g/mol. The summed E-state index contributed by atoms with van der Waals surface area (Å²) in [4.78, 5) is 16.5. The average molecular weight is 390 g/mol. The van der Waals surface area contributed by atoms with Gasteiger partial charge in [0.2, 0.25) is 12.7 Å². The fourth-order valence-electron chi connectivity index (χ4n) is 3.30. The summed E-state index contributed by atoms with van der Waals surface area (Å²) in [5.41, 5.74) is 3.98. The molecule has 0 aliphatic carbocycles. The quantitative estimate of drug-likeness (QED) is 0.655. The molecule has 0 atom stereocenters. The number of pyridine rings is 1. The van der Waals surface area contributed by atoms with Crippen LogP contribution in [-0.2, 0) is 11.2 Å². The van der Waals surface area contributed by atoms with Crippen molar-refractivity contribution in [1.29, 1.82) is 0 Å². The summed E-state index contributed by atoms with van der Waals surface area (Å²) < 4.78 is 12.5. The second-order valence-corrected chi connectivity index (χ2v) is 6.74. The maximum absolute atomic E-state index is 12.2. The van der Waals surface area contributed by atoms with Crippen molar-refractivity contribution in [2.45, 2.75) is 20.3 Å². The lowest BCUT2D eigenvalue weighted by atomic mass is 10.1. The highest BCUT2D eigenvalue weighted by Crippen LogP contribution is 2.32. The van der Waals surface area contributed by atoms with Crippen molar-refractivity contribution in [1.82, 2.24) is 20.1 Å². The minimum absolute atomic E-state index is 0.143. The lowest BCUT2D eigenvalue weighted by Crippen LogP contribution is -2.23. The molecule has 3 heterocycles. The summed E-state index contributed by atoms with van der Waals surface area (Å²) in [6.07, 6.45) is 5.73. The Kier molecular flexibility index (Phi) is 5.29. The van der Waals surface area contributed by atoms with Crippen molar-refractivity contribution >= 4 is 12.0 Å². The van der Waals surface area contributed by atoms with E-state index in [0.717, 1.165) is 34.1 Å². The van der Waals surface area contributed by atoms with Crippen LogP contribution in [0.5, 0.6) is 11.5 Å². The molecule has 1 aliphatic heterocycles. The fourth-order valence-corrected chi connectivity index (χ4v) is 3.30. The van der Waals surface area contributed by atoms with Crippen LogP contribution >= 0.6 is 0 Å². The number of benzene rings is 1. The molecule has 1 aliphatic rings. The number of ether oxygens (including phenoxy) is 2. The SMILES string of the molecule is Cc1nn(-c2ccccn2)c(C)c1CCNC(=O)C=Cc1ccc2c(c1)OCO2. The van der Waals surface area contributed by atoms with Crippen LogP contribution in [0.3, 0.4) is 0 Å². The summed E-state index contributed by atoms with van der Waals surface area (Å²) in [5, 5.41) is 7.51.